The third-order valence-electron chi connectivity index (χ3n) is 4.24. The van der Waals surface area contributed by atoms with Gasteiger partial charge in [0.1, 0.15) is 5.75 Å². The monoisotopic (exact) mass is 473 g/mol. The summed E-state index contributed by atoms with van der Waals surface area (Å²) in [6.45, 7) is 0.942. The first-order chi connectivity index (χ1) is 14.8. The number of anilines is 1. The minimum atomic E-state index is -4.80. The van der Waals surface area contributed by atoms with E-state index in [-0.39, 0.29) is 23.1 Å². The average Bonchev–Trinajstić information content (AvgIpc) is 2.68. The highest BCUT2D eigenvalue weighted by Crippen LogP contribution is 2.23. The predicted molar refractivity (Wildman–Crippen MR) is 110 cm³/mol. The van der Waals surface area contributed by atoms with E-state index in [1.807, 2.05) is 0 Å². The maximum atomic E-state index is 12.7. The molecule has 0 fully saturated rings. The SMILES string of the molecule is CC(=O)Nc1ccc(S(=O)(=O)N(C)CC(=O)N(C)Cc2ccc(OC(F)(F)F)cc2)cc1. The molecule has 2 aromatic rings. The molecule has 32 heavy (non-hydrogen) atoms. The molecule has 0 aromatic heterocycles. The molecule has 2 aromatic carbocycles. The maximum Gasteiger partial charge on any atom is 0.573 e. The molecule has 0 aliphatic carbocycles. The summed E-state index contributed by atoms with van der Waals surface area (Å²) in [6, 6.07) is 10.5. The minimum absolute atomic E-state index is 0.0511. The summed E-state index contributed by atoms with van der Waals surface area (Å²) in [7, 11) is -1.25. The Morgan fingerprint density at radius 1 is 1.00 bits per heavy atom. The number of nitrogens with zero attached hydrogens (tertiary/aromatic N) is 2. The third kappa shape index (κ3) is 7.24. The van der Waals surface area contributed by atoms with Crippen molar-refractivity contribution in [2.45, 2.75) is 24.7 Å². The molecule has 0 radical (unpaired) electrons. The molecule has 0 heterocycles. The second-order valence-corrected chi connectivity index (χ2v) is 8.95. The topological polar surface area (TPSA) is 96.0 Å². The lowest BCUT2D eigenvalue weighted by atomic mass is 10.2. The predicted octanol–water partition coefficient (Wildman–Crippen LogP) is 2.82. The molecule has 174 valence electrons. The van der Waals surface area contributed by atoms with Crippen LogP contribution in [0.4, 0.5) is 18.9 Å². The van der Waals surface area contributed by atoms with Crippen molar-refractivity contribution in [3.05, 3.63) is 54.1 Å². The van der Waals surface area contributed by atoms with Crippen LogP contribution in [0.1, 0.15) is 12.5 Å². The molecular formula is C20H22F3N3O5S. The number of carbonyl (C=O) groups is 2. The molecule has 0 bridgehead atoms. The van der Waals surface area contributed by atoms with E-state index < -0.39 is 28.8 Å². The van der Waals surface area contributed by atoms with Gasteiger partial charge in [0.15, 0.2) is 0 Å². The van der Waals surface area contributed by atoms with Crippen LogP contribution in [0, 0.1) is 0 Å². The number of halogens is 3. The molecule has 8 nitrogen and oxygen atoms in total. The Labute approximate surface area is 183 Å². The smallest absolute Gasteiger partial charge is 0.406 e. The molecule has 0 spiro atoms. The fraction of sp³-hybridized carbons (Fsp3) is 0.300. The number of carbonyl (C=O) groups excluding carboxylic acids is 2. The van der Waals surface area contributed by atoms with E-state index in [9.17, 15) is 31.2 Å². The van der Waals surface area contributed by atoms with Gasteiger partial charge < -0.3 is 15.0 Å². The van der Waals surface area contributed by atoms with Crippen LogP contribution in [0.2, 0.25) is 0 Å². The second kappa shape index (κ2) is 10.0. The van der Waals surface area contributed by atoms with Crippen molar-refractivity contribution in [3.63, 3.8) is 0 Å². The van der Waals surface area contributed by atoms with E-state index in [2.05, 4.69) is 10.1 Å². The first-order valence-corrected chi connectivity index (χ1v) is 10.6. The molecule has 0 atom stereocenters. The Bertz CT molecular complexity index is 1060. The Kier molecular flexibility index (Phi) is 7.86. The molecule has 2 rings (SSSR count). The van der Waals surface area contributed by atoms with Gasteiger partial charge in [-0.25, -0.2) is 8.42 Å². The van der Waals surface area contributed by atoms with Crippen LogP contribution in [-0.2, 0) is 26.2 Å². The molecule has 0 aliphatic heterocycles. The van der Waals surface area contributed by atoms with Gasteiger partial charge >= 0.3 is 6.36 Å². The lowest BCUT2D eigenvalue weighted by molar-refractivity contribution is -0.274. The molecule has 0 unspecified atom stereocenters. The largest absolute Gasteiger partial charge is 0.573 e. The van der Waals surface area contributed by atoms with Gasteiger partial charge in [-0.3, -0.25) is 9.59 Å². The summed E-state index contributed by atoms with van der Waals surface area (Å²) >= 11 is 0. The van der Waals surface area contributed by atoms with Crippen LogP contribution in [0.3, 0.4) is 0 Å². The molecule has 12 heteroatoms. The summed E-state index contributed by atoms with van der Waals surface area (Å²) in [5.41, 5.74) is 0.969. The van der Waals surface area contributed by atoms with Gasteiger partial charge in [-0.15, -0.1) is 13.2 Å². The normalized spacial score (nSPS) is 11.8. The van der Waals surface area contributed by atoms with Crippen molar-refractivity contribution in [1.82, 2.24) is 9.21 Å². The van der Waals surface area contributed by atoms with Gasteiger partial charge in [0.25, 0.3) is 0 Å². The standard InChI is InChI=1S/C20H22F3N3O5S/c1-14(27)24-16-6-10-18(11-7-16)32(29,30)26(3)13-19(28)25(2)12-15-4-8-17(9-5-15)31-20(21,22)23/h4-11H,12-13H2,1-3H3,(H,24,27). The number of amides is 2. The first kappa shape index (κ1) is 25.1. The second-order valence-electron chi connectivity index (χ2n) is 6.91. The zero-order chi connectivity index (χ0) is 24.1. The molecule has 0 aliphatic rings. The van der Waals surface area contributed by atoms with Crippen LogP contribution < -0.4 is 10.1 Å². The number of benzene rings is 2. The van der Waals surface area contributed by atoms with Crippen molar-refractivity contribution >= 4 is 27.5 Å². The van der Waals surface area contributed by atoms with E-state index in [1.54, 1.807) is 0 Å². The molecule has 0 saturated carbocycles. The van der Waals surface area contributed by atoms with Crippen molar-refractivity contribution in [2.24, 2.45) is 0 Å². The van der Waals surface area contributed by atoms with Crippen LogP contribution in [0.5, 0.6) is 5.75 Å². The summed E-state index contributed by atoms with van der Waals surface area (Å²) < 4.78 is 66.7. The molecule has 2 amide bonds. The van der Waals surface area contributed by atoms with Crippen molar-refractivity contribution in [2.75, 3.05) is 26.0 Å². The number of rotatable bonds is 8. The first-order valence-electron chi connectivity index (χ1n) is 9.20. The van der Waals surface area contributed by atoms with Gasteiger partial charge in [-0.2, -0.15) is 4.31 Å². The van der Waals surface area contributed by atoms with Crippen molar-refractivity contribution in [1.29, 1.82) is 0 Å². The molecule has 0 saturated heterocycles. The average molecular weight is 473 g/mol. The fourth-order valence-corrected chi connectivity index (χ4v) is 3.77. The highest BCUT2D eigenvalue weighted by atomic mass is 32.2. The van der Waals surface area contributed by atoms with Crippen molar-refractivity contribution < 1.29 is 35.9 Å². The van der Waals surface area contributed by atoms with Crippen LogP contribution >= 0.6 is 0 Å². The maximum absolute atomic E-state index is 12.7. The number of likely N-dealkylation sites (N-methyl/N-ethyl adjacent to an activating group) is 2. The Balaban J connectivity index is 1.99. The summed E-state index contributed by atoms with van der Waals surface area (Å²) in [5, 5.41) is 2.53. The number of sulfonamides is 1. The minimum Gasteiger partial charge on any atom is -0.406 e. The number of ether oxygens (including phenoxy) is 1. The number of hydrogen-bond donors (Lipinski definition) is 1. The number of hydrogen-bond acceptors (Lipinski definition) is 5. The zero-order valence-corrected chi connectivity index (χ0v) is 18.3. The van der Waals surface area contributed by atoms with E-state index in [1.165, 1.54) is 62.3 Å². The Hall–Kier alpha value is -3.12. The van der Waals surface area contributed by atoms with Gasteiger partial charge in [-0.1, -0.05) is 12.1 Å². The van der Waals surface area contributed by atoms with E-state index in [4.69, 9.17) is 0 Å². The summed E-state index contributed by atoms with van der Waals surface area (Å²) in [6.07, 6.45) is -4.80. The highest BCUT2D eigenvalue weighted by molar-refractivity contribution is 7.89. The van der Waals surface area contributed by atoms with Crippen LogP contribution in [0.25, 0.3) is 0 Å². The fourth-order valence-electron chi connectivity index (χ4n) is 2.65. The lowest BCUT2D eigenvalue weighted by Crippen LogP contribution is -2.39. The van der Waals surface area contributed by atoms with E-state index in [0.29, 0.717) is 11.3 Å². The van der Waals surface area contributed by atoms with E-state index in [0.717, 1.165) is 16.4 Å². The molecular weight excluding hydrogens is 451 g/mol. The highest BCUT2D eigenvalue weighted by Gasteiger charge is 2.31. The summed E-state index contributed by atoms with van der Waals surface area (Å²) in [5.74, 6) is -1.19. The lowest BCUT2D eigenvalue weighted by Gasteiger charge is -2.22. The van der Waals surface area contributed by atoms with E-state index >= 15 is 0 Å². The van der Waals surface area contributed by atoms with Gasteiger partial charge in [0, 0.05) is 33.3 Å². The van der Waals surface area contributed by atoms with Gasteiger partial charge in [-0.05, 0) is 42.0 Å². The zero-order valence-electron chi connectivity index (χ0n) is 17.5. The van der Waals surface area contributed by atoms with Gasteiger partial charge in [0.05, 0.1) is 11.4 Å². The van der Waals surface area contributed by atoms with Crippen LogP contribution in [0.15, 0.2) is 53.4 Å². The molecule has 1 N–H and O–H groups in total. The summed E-state index contributed by atoms with van der Waals surface area (Å²) in [4.78, 5) is 24.7. The number of nitrogens with one attached hydrogen (secondary N) is 1. The van der Waals surface area contributed by atoms with Crippen LogP contribution in [-0.4, -0.2) is 56.4 Å². The van der Waals surface area contributed by atoms with Crippen molar-refractivity contribution in [3.8, 4) is 5.75 Å². The number of alkyl halides is 3. The third-order valence-corrected chi connectivity index (χ3v) is 6.06. The Morgan fingerprint density at radius 2 is 1.56 bits per heavy atom. The Morgan fingerprint density at radius 3 is 2.06 bits per heavy atom. The quantitative estimate of drug-likeness (QED) is 0.636. The van der Waals surface area contributed by atoms with Gasteiger partial charge in [0.2, 0.25) is 21.8 Å².